The zero-order valence-corrected chi connectivity index (χ0v) is 8.67. The molecule has 1 rings (SSSR count). The van der Waals surface area contributed by atoms with Crippen LogP contribution in [-0.2, 0) is 12.6 Å². The largest absolute Gasteiger partial charge is 0.306 e. The van der Waals surface area contributed by atoms with Gasteiger partial charge in [-0.05, 0) is 24.3 Å². The molecule has 6 heteroatoms. The minimum atomic E-state index is -3.69. The van der Waals surface area contributed by atoms with Crippen LogP contribution in [0, 0.1) is 5.82 Å². The summed E-state index contributed by atoms with van der Waals surface area (Å²) in [7, 11) is -3.69. The zero-order valence-electron chi connectivity index (χ0n) is 5.70. The van der Waals surface area contributed by atoms with Crippen LogP contribution < -0.4 is 0 Å². The Hall–Kier alpha value is -0.210. The van der Waals surface area contributed by atoms with Gasteiger partial charge in [-0.25, -0.2) is 4.39 Å². The summed E-state index contributed by atoms with van der Waals surface area (Å²) in [5, 5.41) is 0. The second-order valence-electron chi connectivity index (χ2n) is 1.97. The summed E-state index contributed by atoms with van der Waals surface area (Å²) in [4.78, 5) is -0.0571. The van der Waals surface area contributed by atoms with E-state index in [4.69, 9.17) is 0 Å². The molecular weight excluding hydrogens is 298 g/mol. The van der Waals surface area contributed by atoms with E-state index in [0.717, 1.165) is 24.3 Å². The molecule has 1 aromatic carbocycles. The van der Waals surface area contributed by atoms with Gasteiger partial charge in [-0.2, -0.15) is 10.9 Å². The SMILES string of the molecule is O=S(=O)(OI)c1ccc(F)cc1. The van der Waals surface area contributed by atoms with Crippen molar-refractivity contribution in [1.82, 2.24) is 0 Å². The van der Waals surface area contributed by atoms with Crippen molar-refractivity contribution in [2.75, 3.05) is 0 Å². The van der Waals surface area contributed by atoms with E-state index in [-0.39, 0.29) is 4.90 Å². The number of benzene rings is 1. The molecule has 0 radical (unpaired) electrons. The van der Waals surface area contributed by atoms with E-state index in [1.165, 1.54) is 23.0 Å². The maximum Gasteiger partial charge on any atom is 0.306 e. The van der Waals surface area contributed by atoms with E-state index in [1.54, 1.807) is 0 Å². The van der Waals surface area contributed by atoms with E-state index in [2.05, 4.69) is 2.51 Å². The standard InChI is InChI=1S/C6H4FIO3S/c7-5-1-3-6(4-2-5)12(9,10)11-8/h1-4H. The molecule has 0 atom stereocenters. The Kier molecular flexibility index (Phi) is 3.02. The van der Waals surface area contributed by atoms with Crippen molar-refractivity contribution in [3.05, 3.63) is 30.1 Å². The molecule has 0 aliphatic heterocycles. The van der Waals surface area contributed by atoms with Crippen molar-refractivity contribution < 1.29 is 15.3 Å². The molecule has 0 amide bonds. The lowest BCUT2D eigenvalue weighted by Gasteiger charge is -1.97. The van der Waals surface area contributed by atoms with E-state index < -0.39 is 15.9 Å². The van der Waals surface area contributed by atoms with Crippen LogP contribution in [-0.4, -0.2) is 8.42 Å². The quantitative estimate of drug-likeness (QED) is 0.784. The first-order valence-electron chi connectivity index (χ1n) is 2.87. The zero-order chi connectivity index (χ0) is 9.19. The summed E-state index contributed by atoms with van der Waals surface area (Å²) in [6, 6.07) is 4.40. The van der Waals surface area contributed by atoms with Gasteiger partial charge in [-0.15, -0.1) is 0 Å². The number of halogens is 2. The van der Waals surface area contributed by atoms with Gasteiger partial charge in [-0.3, -0.25) is 0 Å². The Morgan fingerprint density at radius 2 is 1.75 bits per heavy atom. The Balaban J connectivity index is 3.14. The second-order valence-corrected chi connectivity index (χ2v) is 4.56. The van der Waals surface area contributed by atoms with Gasteiger partial charge in [0.05, 0.1) is 4.90 Å². The van der Waals surface area contributed by atoms with Crippen LogP contribution in [0.5, 0.6) is 0 Å². The minimum Gasteiger partial charge on any atom is -0.207 e. The summed E-state index contributed by atoms with van der Waals surface area (Å²) in [5.74, 6) is -0.484. The number of hydrogen-bond donors (Lipinski definition) is 0. The molecule has 0 fully saturated rings. The summed E-state index contributed by atoms with van der Waals surface area (Å²) in [5.41, 5.74) is 0. The van der Waals surface area contributed by atoms with Gasteiger partial charge in [0.1, 0.15) is 28.8 Å². The van der Waals surface area contributed by atoms with Gasteiger partial charge in [-0.1, -0.05) is 0 Å². The predicted octanol–water partition coefficient (Wildman–Crippen LogP) is 1.88. The van der Waals surface area contributed by atoms with Gasteiger partial charge in [0.25, 0.3) is 0 Å². The van der Waals surface area contributed by atoms with Crippen molar-refractivity contribution in [3.63, 3.8) is 0 Å². The lowest BCUT2D eigenvalue weighted by Crippen LogP contribution is -1.98. The van der Waals surface area contributed by atoms with Gasteiger partial charge in [0.2, 0.25) is 0 Å². The van der Waals surface area contributed by atoms with Crippen molar-refractivity contribution in [1.29, 1.82) is 0 Å². The fourth-order valence-corrected chi connectivity index (χ4v) is 1.80. The average molecular weight is 302 g/mol. The normalized spacial score (nSPS) is 11.5. The first kappa shape index (κ1) is 9.87. The van der Waals surface area contributed by atoms with Crippen LogP contribution in [0.4, 0.5) is 4.39 Å². The summed E-state index contributed by atoms with van der Waals surface area (Å²) >= 11 is 1.26. The third kappa shape index (κ3) is 2.14. The third-order valence-corrected chi connectivity index (χ3v) is 3.62. The molecule has 0 spiro atoms. The van der Waals surface area contributed by atoms with E-state index >= 15 is 0 Å². The molecule has 0 aliphatic rings. The van der Waals surface area contributed by atoms with Gasteiger partial charge >= 0.3 is 10.1 Å². The molecule has 0 aliphatic carbocycles. The molecule has 0 unspecified atom stereocenters. The number of hydrogen-bond acceptors (Lipinski definition) is 3. The summed E-state index contributed by atoms with van der Waals surface area (Å²) in [6.07, 6.45) is 0. The molecule has 0 saturated heterocycles. The first-order valence-corrected chi connectivity index (χ1v) is 5.16. The van der Waals surface area contributed by atoms with Gasteiger partial charge in [0, 0.05) is 0 Å². The minimum absolute atomic E-state index is 0.0571. The molecule has 1 aromatic rings. The molecule has 0 bridgehead atoms. The Bertz CT molecular complexity index is 359. The topological polar surface area (TPSA) is 43.4 Å². The highest BCUT2D eigenvalue weighted by Gasteiger charge is 2.12. The van der Waals surface area contributed by atoms with Crippen molar-refractivity contribution in [2.45, 2.75) is 4.90 Å². The highest BCUT2D eigenvalue weighted by atomic mass is 127. The fraction of sp³-hybridized carbons (Fsp3) is 0. The predicted molar refractivity (Wildman–Crippen MR) is 48.7 cm³/mol. The average Bonchev–Trinajstić information content (AvgIpc) is 2.05. The lowest BCUT2D eigenvalue weighted by molar-refractivity contribution is 0.536. The van der Waals surface area contributed by atoms with Crippen molar-refractivity contribution in [3.8, 4) is 0 Å². The van der Waals surface area contributed by atoms with E-state index in [0.29, 0.717) is 0 Å². The number of rotatable bonds is 2. The van der Waals surface area contributed by atoms with Crippen LogP contribution in [0.2, 0.25) is 0 Å². The first-order chi connectivity index (χ1) is 5.56. The van der Waals surface area contributed by atoms with Crippen molar-refractivity contribution >= 4 is 33.1 Å². The summed E-state index contributed by atoms with van der Waals surface area (Å²) < 4.78 is 38.4. The molecule has 3 nitrogen and oxygen atoms in total. The highest BCUT2D eigenvalue weighted by Crippen LogP contribution is 2.14. The molecule has 0 aromatic heterocycles. The van der Waals surface area contributed by atoms with Crippen LogP contribution in [0.15, 0.2) is 29.2 Å². The molecule has 0 saturated carbocycles. The third-order valence-electron chi connectivity index (χ3n) is 1.19. The maximum absolute atomic E-state index is 12.3. The van der Waals surface area contributed by atoms with Gasteiger partial charge in [0.15, 0.2) is 0 Å². The molecule has 0 heterocycles. The molecule has 66 valence electrons. The monoisotopic (exact) mass is 302 g/mol. The van der Waals surface area contributed by atoms with Crippen LogP contribution in [0.3, 0.4) is 0 Å². The van der Waals surface area contributed by atoms with Crippen LogP contribution in [0.1, 0.15) is 0 Å². The summed E-state index contributed by atoms with van der Waals surface area (Å²) in [6.45, 7) is 0. The molecule has 12 heavy (non-hydrogen) atoms. The smallest absolute Gasteiger partial charge is 0.207 e. The van der Waals surface area contributed by atoms with Crippen LogP contribution in [0.25, 0.3) is 0 Å². The Morgan fingerprint density at radius 3 is 2.17 bits per heavy atom. The second kappa shape index (κ2) is 3.67. The van der Waals surface area contributed by atoms with Crippen LogP contribution >= 0.6 is 23.0 Å². The fourth-order valence-electron chi connectivity index (χ4n) is 0.638. The molecule has 0 N–H and O–H groups in total. The van der Waals surface area contributed by atoms with E-state index in [1.807, 2.05) is 0 Å². The Labute approximate surface area is 83.4 Å². The Morgan fingerprint density at radius 1 is 1.25 bits per heavy atom. The van der Waals surface area contributed by atoms with Gasteiger partial charge < -0.3 is 0 Å². The highest BCUT2D eigenvalue weighted by molar-refractivity contribution is 14.1. The molecular formula is C6H4FIO3S. The lowest BCUT2D eigenvalue weighted by atomic mass is 10.4. The van der Waals surface area contributed by atoms with E-state index in [9.17, 15) is 12.8 Å². The van der Waals surface area contributed by atoms with Crippen molar-refractivity contribution in [2.24, 2.45) is 0 Å². The maximum atomic E-state index is 12.3.